The molecule has 0 radical (unpaired) electrons. The van der Waals surface area contributed by atoms with E-state index in [4.69, 9.17) is 4.74 Å². The number of ether oxygens (including phenoxy) is 1. The fraction of sp³-hybridized carbons (Fsp3) is 0.200. The Bertz CT molecular complexity index is 1220. The lowest BCUT2D eigenvalue weighted by atomic mass is 10.0. The SMILES string of the molecule is O=C(COc1ccc(C(=O)c2ccccc2)cc1)Nc1ccc(S(=O)(=O)N2CCCC2)cc1. The summed E-state index contributed by atoms with van der Waals surface area (Å²) in [5.74, 6) is -0.00788. The number of benzene rings is 3. The molecule has 0 saturated carbocycles. The van der Waals surface area contributed by atoms with Crippen molar-refractivity contribution in [2.24, 2.45) is 0 Å². The number of carbonyl (C=O) groups excluding carboxylic acids is 2. The van der Waals surface area contributed by atoms with Gasteiger partial charge < -0.3 is 10.1 Å². The van der Waals surface area contributed by atoms with Gasteiger partial charge in [0.15, 0.2) is 12.4 Å². The van der Waals surface area contributed by atoms with Crippen molar-refractivity contribution in [2.75, 3.05) is 25.0 Å². The third-order valence-electron chi connectivity index (χ3n) is 5.36. The highest BCUT2D eigenvalue weighted by molar-refractivity contribution is 7.89. The molecule has 170 valence electrons. The maximum atomic E-state index is 12.6. The van der Waals surface area contributed by atoms with E-state index in [1.165, 1.54) is 16.4 Å². The van der Waals surface area contributed by atoms with Gasteiger partial charge in [0, 0.05) is 29.9 Å². The lowest BCUT2D eigenvalue weighted by molar-refractivity contribution is -0.118. The average Bonchev–Trinajstić information content (AvgIpc) is 3.40. The van der Waals surface area contributed by atoms with Crippen LogP contribution in [0.25, 0.3) is 0 Å². The zero-order chi connectivity index (χ0) is 23.3. The maximum Gasteiger partial charge on any atom is 0.262 e. The van der Waals surface area contributed by atoms with Crippen molar-refractivity contribution >= 4 is 27.4 Å². The summed E-state index contributed by atoms with van der Waals surface area (Å²) in [7, 11) is -3.49. The number of anilines is 1. The van der Waals surface area contributed by atoms with Crippen molar-refractivity contribution in [3.8, 4) is 5.75 Å². The van der Waals surface area contributed by atoms with E-state index in [1.807, 2.05) is 18.2 Å². The Morgan fingerprint density at radius 3 is 2.06 bits per heavy atom. The first-order valence-electron chi connectivity index (χ1n) is 10.7. The van der Waals surface area contributed by atoms with Crippen LogP contribution in [0, 0.1) is 0 Å². The van der Waals surface area contributed by atoms with E-state index in [9.17, 15) is 18.0 Å². The van der Waals surface area contributed by atoms with Crippen LogP contribution in [0.2, 0.25) is 0 Å². The normalized spacial score (nSPS) is 14.1. The van der Waals surface area contributed by atoms with E-state index in [0.717, 1.165) is 12.8 Å². The third kappa shape index (κ3) is 5.47. The summed E-state index contributed by atoms with van der Waals surface area (Å²) in [6.45, 7) is 0.860. The lowest BCUT2D eigenvalue weighted by Crippen LogP contribution is -2.27. The number of nitrogens with one attached hydrogen (secondary N) is 1. The summed E-state index contributed by atoms with van der Waals surface area (Å²) in [5.41, 5.74) is 1.61. The summed E-state index contributed by atoms with van der Waals surface area (Å²) < 4.78 is 32.1. The molecule has 1 N–H and O–H groups in total. The molecular weight excluding hydrogens is 440 g/mol. The number of rotatable bonds is 8. The zero-order valence-electron chi connectivity index (χ0n) is 17.9. The molecular formula is C25H24N2O5S. The van der Waals surface area contributed by atoms with Crippen LogP contribution in [-0.2, 0) is 14.8 Å². The predicted octanol–water partition coefficient (Wildman–Crippen LogP) is 3.72. The first-order valence-corrected chi connectivity index (χ1v) is 12.1. The van der Waals surface area contributed by atoms with Crippen molar-refractivity contribution in [2.45, 2.75) is 17.7 Å². The Hall–Kier alpha value is -3.49. The van der Waals surface area contributed by atoms with Crippen LogP contribution in [0.15, 0.2) is 83.8 Å². The maximum absolute atomic E-state index is 12.6. The van der Waals surface area contributed by atoms with Gasteiger partial charge in [0.25, 0.3) is 5.91 Å². The molecule has 0 aromatic heterocycles. The smallest absolute Gasteiger partial charge is 0.262 e. The van der Waals surface area contributed by atoms with Crippen LogP contribution in [-0.4, -0.2) is 44.1 Å². The molecule has 1 aliphatic heterocycles. The molecule has 1 heterocycles. The summed E-state index contributed by atoms with van der Waals surface area (Å²) in [4.78, 5) is 24.9. The van der Waals surface area contributed by atoms with E-state index in [0.29, 0.717) is 35.7 Å². The number of sulfonamides is 1. The molecule has 0 spiro atoms. The largest absolute Gasteiger partial charge is 0.484 e. The molecule has 0 bridgehead atoms. The van der Waals surface area contributed by atoms with Crippen molar-refractivity contribution in [1.29, 1.82) is 0 Å². The van der Waals surface area contributed by atoms with Gasteiger partial charge in [-0.3, -0.25) is 9.59 Å². The quantitative estimate of drug-likeness (QED) is 0.513. The van der Waals surface area contributed by atoms with Crippen LogP contribution < -0.4 is 10.1 Å². The number of ketones is 1. The average molecular weight is 465 g/mol. The fourth-order valence-electron chi connectivity index (χ4n) is 3.59. The fourth-order valence-corrected chi connectivity index (χ4v) is 5.11. The summed E-state index contributed by atoms with van der Waals surface area (Å²) in [6, 6.07) is 21.7. The Morgan fingerprint density at radius 2 is 1.42 bits per heavy atom. The lowest BCUT2D eigenvalue weighted by Gasteiger charge is -2.15. The highest BCUT2D eigenvalue weighted by Crippen LogP contribution is 2.22. The van der Waals surface area contributed by atoms with Gasteiger partial charge in [-0.2, -0.15) is 4.31 Å². The third-order valence-corrected chi connectivity index (χ3v) is 7.28. The second kappa shape index (κ2) is 9.97. The molecule has 3 aromatic rings. The van der Waals surface area contributed by atoms with Crippen LogP contribution in [0.4, 0.5) is 5.69 Å². The Morgan fingerprint density at radius 1 is 0.818 bits per heavy atom. The summed E-state index contributed by atoms with van der Waals surface area (Å²) in [6.07, 6.45) is 1.75. The number of carbonyl (C=O) groups is 2. The van der Waals surface area contributed by atoms with Gasteiger partial charge in [0.05, 0.1) is 4.90 Å². The van der Waals surface area contributed by atoms with Gasteiger partial charge in [-0.15, -0.1) is 0 Å². The molecule has 0 atom stereocenters. The molecule has 0 unspecified atom stereocenters. The molecule has 1 fully saturated rings. The summed E-state index contributed by atoms with van der Waals surface area (Å²) in [5, 5.41) is 2.69. The molecule has 0 aliphatic carbocycles. The van der Waals surface area contributed by atoms with E-state index in [2.05, 4.69) is 5.32 Å². The van der Waals surface area contributed by atoms with Crippen molar-refractivity contribution < 1.29 is 22.7 Å². The minimum Gasteiger partial charge on any atom is -0.484 e. The number of hydrogen-bond acceptors (Lipinski definition) is 5. The van der Waals surface area contributed by atoms with Gasteiger partial charge >= 0.3 is 0 Å². The first kappa shape index (κ1) is 22.7. The standard InChI is InChI=1S/C25H24N2O5S/c28-24(26-21-10-14-23(15-11-21)33(30,31)27-16-4-5-17-27)18-32-22-12-8-20(9-13-22)25(29)19-6-2-1-3-7-19/h1-3,6-15H,4-5,16-18H2,(H,26,28). The minimum atomic E-state index is -3.49. The highest BCUT2D eigenvalue weighted by atomic mass is 32.2. The van der Waals surface area contributed by atoms with Crippen LogP contribution in [0.1, 0.15) is 28.8 Å². The Balaban J connectivity index is 1.30. The van der Waals surface area contributed by atoms with E-state index >= 15 is 0 Å². The Labute approximate surface area is 193 Å². The van der Waals surface area contributed by atoms with Crippen LogP contribution >= 0.6 is 0 Å². The molecule has 7 nitrogen and oxygen atoms in total. The van der Waals surface area contributed by atoms with Gasteiger partial charge in [0.1, 0.15) is 5.75 Å². The molecule has 33 heavy (non-hydrogen) atoms. The second-order valence-corrected chi connectivity index (χ2v) is 9.63. The molecule has 4 rings (SSSR count). The molecule has 1 amide bonds. The first-order chi connectivity index (χ1) is 15.9. The topological polar surface area (TPSA) is 92.8 Å². The van der Waals surface area contributed by atoms with E-state index in [1.54, 1.807) is 48.5 Å². The summed E-state index contributed by atoms with van der Waals surface area (Å²) >= 11 is 0. The second-order valence-electron chi connectivity index (χ2n) is 7.69. The molecule has 3 aromatic carbocycles. The Kier molecular flexibility index (Phi) is 6.86. The van der Waals surface area contributed by atoms with Crippen molar-refractivity contribution in [3.63, 3.8) is 0 Å². The predicted molar refractivity (Wildman–Crippen MR) is 125 cm³/mol. The van der Waals surface area contributed by atoms with Gasteiger partial charge in [-0.05, 0) is 61.4 Å². The highest BCUT2D eigenvalue weighted by Gasteiger charge is 2.26. The molecule has 1 aliphatic rings. The number of amides is 1. The van der Waals surface area contributed by atoms with Gasteiger partial charge in [-0.1, -0.05) is 30.3 Å². The van der Waals surface area contributed by atoms with Crippen molar-refractivity contribution in [3.05, 3.63) is 90.0 Å². The van der Waals surface area contributed by atoms with E-state index in [-0.39, 0.29) is 23.2 Å². The van der Waals surface area contributed by atoms with Crippen LogP contribution in [0.3, 0.4) is 0 Å². The number of hydrogen-bond donors (Lipinski definition) is 1. The minimum absolute atomic E-state index is 0.0879. The molecule has 1 saturated heterocycles. The van der Waals surface area contributed by atoms with Crippen LogP contribution in [0.5, 0.6) is 5.75 Å². The van der Waals surface area contributed by atoms with Crippen molar-refractivity contribution in [1.82, 2.24) is 4.31 Å². The monoisotopic (exact) mass is 464 g/mol. The molecule has 8 heteroatoms. The van der Waals surface area contributed by atoms with Gasteiger partial charge in [0.2, 0.25) is 10.0 Å². The van der Waals surface area contributed by atoms with Gasteiger partial charge in [-0.25, -0.2) is 8.42 Å². The number of nitrogens with zero attached hydrogens (tertiary/aromatic N) is 1. The van der Waals surface area contributed by atoms with E-state index < -0.39 is 10.0 Å². The zero-order valence-corrected chi connectivity index (χ0v) is 18.8.